The van der Waals surface area contributed by atoms with E-state index < -0.39 is 20.9 Å². The molecule has 3 rings (SSSR count). The fourth-order valence-electron chi connectivity index (χ4n) is 3.09. The van der Waals surface area contributed by atoms with Gasteiger partial charge in [-0.1, -0.05) is 18.2 Å². The summed E-state index contributed by atoms with van der Waals surface area (Å²) in [6.07, 6.45) is 1.34. The predicted octanol–water partition coefficient (Wildman–Crippen LogP) is 4.62. The third-order valence-electron chi connectivity index (χ3n) is 4.76. The maximum Gasteiger partial charge on any atom is 0.339 e. The van der Waals surface area contributed by atoms with Crippen LogP contribution in [0, 0.1) is 28.4 Å². The zero-order valence-electron chi connectivity index (χ0n) is 19.3. The maximum atomic E-state index is 12.7. The zero-order valence-corrected chi connectivity index (χ0v) is 20.1. The van der Waals surface area contributed by atoms with Crippen molar-refractivity contribution in [1.82, 2.24) is 0 Å². The van der Waals surface area contributed by atoms with Gasteiger partial charge in [0.2, 0.25) is 0 Å². The second kappa shape index (κ2) is 11.2. The monoisotopic (exact) mass is 507 g/mol. The number of carbonyl (C=O) groups excluding carboxylic acids is 1. The SMILES string of the molecule is CCOc1cc(/C=C(\C#N)C(=O)Nc2cccc(C)c2)ccc1OS(=O)(=O)c1ccc([N+](=O)[O-])cc1. The lowest BCUT2D eigenvalue weighted by molar-refractivity contribution is -0.384. The molecular formula is C25H21N3O7S. The Bertz CT molecular complexity index is 1470. The molecule has 10 nitrogen and oxygen atoms in total. The number of nitro groups is 1. The van der Waals surface area contributed by atoms with Gasteiger partial charge in [-0.25, -0.2) is 0 Å². The smallest absolute Gasteiger partial charge is 0.339 e. The van der Waals surface area contributed by atoms with Gasteiger partial charge in [0.1, 0.15) is 16.5 Å². The van der Waals surface area contributed by atoms with Crippen molar-refractivity contribution in [3.63, 3.8) is 0 Å². The summed E-state index contributed by atoms with van der Waals surface area (Å²) in [5, 5.41) is 23.0. The number of ether oxygens (including phenoxy) is 1. The quantitative estimate of drug-likeness (QED) is 0.145. The van der Waals surface area contributed by atoms with Gasteiger partial charge in [0.25, 0.3) is 11.6 Å². The van der Waals surface area contributed by atoms with E-state index in [-0.39, 0.29) is 34.3 Å². The van der Waals surface area contributed by atoms with Crippen LogP contribution in [0.25, 0.3) is 6.08 Å². The highest BCUT2D eigenvalue weighted by molar-refractivity contribution is 7.87. The predicted molar refractivity (Wildman–Crippen MR) is 132 cm³/mol. The van der Waals surface area contributed by atoms with Crippen molar-refractivity contribution >= 4 is 33.5 Å². The van der Waals surface area contributed by atoms with Crippen LogP contribution < -0.4 is 14.2 Å². The van der Waals surface area contributed by atoms with E-state index in [4.69, 9.17) is 8.92 Å². The fourth-order valence-corrected chi connectivity index (χ4v) is 4.03. The van der Waals surface area contributed by atoms with E-state index in [9.17, 15) is 28.6 Å². The topological polar surface area (TPSA) is 149 Å². The molecule has 0 saturated carbocycles. The van der Waals surface area contributed by atoms with Gasteiger partial charge in [-0.15, -0.1) is 0 Å². The summed E-state index contributed by atoms with van der Waals surface area (Å²) in [6.45, 7) is 3.74. The number of anilines is 1. The first-order valence-electron chi connectivity index (χ1n) is 10.6. The molecule has 0 saturated heterocycles. The van der Waals surface area contributed by atoms with Crippen molar-refractivity contribution in [3.8, 4) is 17.6 Å². The average Bonchev–Trinajstić information content (AvgIpc) is 2.84. The minimum absolute atomic E-state index is 0.0631. The van der Waals surface area contributed by atoms with Gasteiger partial charge in [-0.05, 0) is 67.4 Å². The molecule has 1 N–H and O–H groups in total. The summed E-state index contributed by atoms with van der Waals surface area (Å²) in [6, 6.07) is 17.4. The molecule has 36 heavy (non-hydrogen) atoms. The molecule has 11 heteroatoms. The Morgan fingerprint density at radius 3 is 2.44 bits per heavy atom. The summed E-state index contributed by atoms with van der Waals surface area (Å²) >= 11 is 0. The number of hydrogen-bond donors (Lipinski definition) is 1. The van der Waals surface area contributed by atoms with Crippen LogP contribution in [0.5, 0.6) is 11.5 Å². The molecule has 3 aromatic rings. The molecule has 3 aromatic carbocycles. The molecule has 0 heterocycles. The van der Waals surface area contributed by atoms with Gasteiger partial charge in [0.15, 0.2) is 11.5 Å². The summed E-state index contributed by atoms with van der Waals surface area (Å²) in [7, 11) is -4.32. The van der Waals surface area contributed by atoms with Gasteiger partial charge in [-0.3, -0.25) is 14.9 Å². The Hall–Kier alpha value is -4.69. The third kappa shape index (κ3) is 6.46. The van der Waals surface area contributed by atoms with Crippen molar-refractivity contribution in [1.29, 1.82) is 5.26 Å². The highest BCUT2D eigenvalue weighted by atomic mass is 32.2. The molecular weight excluding hydrogens is 486 g/mol. The van der Waals surface area contributed by atoms with Crippen LogP contribution >= 0.6 is 0 Å². The number of non-ortho nitro benzene ring substituents is 1. The van der Waals surface area contributed by atoms with E-state index in [0.717, 1.165) is 29.8 Å². The number of hydrogen-bond acceptors (Lipinski definition) is 8. The van der Waals surface area contributed by atoms with Crippen LogP contribution in [0.3, 0.4) is 0 Å². The molecule has 0 bridgehead atoms. The van der Waals surface area contributed by atoms with E-state index in [2.05, 4.69) is 5.32 Å². The van der Waals surface area contributed by atoms with Crippen LogP contribution in [0.4, 0.5) is 11.4 Å². The van der Waals surface area contributed by atoms with Gasteiger partial charge in [0.05, 0.1) is 11.5 Å². The van der Waals surface area contributed by atoms with E-state index >= 15 is 0 Å². The van der Waals surface area contributed by atoms with Crippen LogP contribution in [-0.4, -0.2) is 25.9 Å². The number of benzene rings is 3. The Balaban J connectivity index is 1.87. The number of nitro benzene ring substituents is 1. The molecule has 0 aromatic heterocycles. The number of nitrogens with one attached hydrogen (secondary N) is 1. The van der Waals surface area contributed by atoms with Crippen LogP contribution in [-0.2, 0) is 14.9 Å². The molecule has 0 aliphatic heterocycles. The molecule has 0 aliphatic carbocycles. The number of aryl methyl sites for hydroxylation is 1. The lowest BCUT2D eigenvalue weighted by Crippen LogP contribution is -2.13. The number of amides is 1. The molecule has 1 amide bonds. The largest absolute Gasteiger partial charge is 0.490 e. The van der Waals surface area contributed by atoms with E-state index in [0.29, 0.717) is 11.3 Å². The highest BCUT2D eigenvalue weighted by Gasteiger charge is 2.21. The zero-order chi connectivity index (χ0) is 26.3. The highest BCUT2D eigenvalue weighted by Crippen LogP contribution is 2.32. The van der Waals surface area contributed by atoms with Crippen molar-refractivity contribution < 1.29 is 27.1 Å². The first kappa shape index (κ1) is 25.9. The number of nitrogens with zero attached hydrogens (tertiary/aromatic N) is 2. The minimum Gasteiger partial charge on any atom is -0.490 e. The van der Waals surface area contributed by atoms with E-state index in [1.807, 2.05) is 19.1 Å². The third-order valence-corrected chi connectivity index (χ3v) is 6.00. The van der Waals surface area contributed by atoms with Crippen molar-refractivity contribution in [3.05, 3.63) is 93.5 Å². The summed E-state index contributed by atoms with van der Waals surface area (Å²) in [5.41, 5.74) is 1.44. The maximum absolute atomic E-state index is 12.7. The Morgan fingerprint density at radius 2 is 1.83 bits per heavy atom. The number of carbonyl (C=O) groups is 1. The molecule has 184 valence electrons. The lowest BCUT2D eigenvalue weighted by atomic mass is 10.1. The molecule has 0 radical (unpaired) electrons. The Kier molecular flexibility index (Phi) is 8.03. The Labute approximate surface area is 207 Å². The number of nitriles is 1. The lowest BCUT2D eigenvalue weighted by Gasteiger charge is -2.13. The number of rotatable bonds is 9. The van der Waals surface area contributed by atoms with Crippen LogP contribution in [0.15, 0.2) is 77.2 Å². The summed E-state index contributed by atoms with van der Waals surface area (Å²) in [5.74, 6) is -0.676. The molecule has 0 spiro atoms. The van der Waals surface area contributed by atoms with E-state index in [1.165, 1.54) is 24.3 Å². The van der Waals surface area contributed by atoms with Gasteiger partial charge < -0.3 is 14.2 Å². The van der Waals surface area contributed by atoms with E-state index in [1.54, 1.807) is 25.1 Å². The average molecular weight is 508 g/mol. The molecule has 0 unspecified atom stereocenters. The van der Waals surface area contributed by atoms with Crippen LogP contribution in [0.1, 0.15) is 18.1 Å². The molecule has 0 aliphatic rings. The summed E-state index contributed by atoms with van der Waals surface area (Å²) in [4.78, 5) is 22.4. The summed E-state index contributed by atoms with van der Waals surface area (Å²) < 4.78 is 36.1. The normalized spacial score (nSPS) is 11.3. The van der Waals surface area contributed by atoms with Gasteiger partial charge in [0, 0.05) is 17.8 Å². The first-order chi connectivity index (χ1) is 17.1. The molecule has 0 atom stereocenters. The minimum atomic E-state index is -4.32. The van der Waals surface area contributed by atoms with Gasteiger partial charge >= 0.3 is 10.1 Å². The molecule has 0 fully saturated rings. The fraction of sp³-hybridized carbons (Fsp3) is 0.120. The standard InChI is InChI=1S/C25H21N3O7S/c1-3-34-24-15-18(14-19(16-26)25(29)27-20-6-4-5-17(2)13-20)7-12-23(24)35-36(32,33)22-10-8-21(9-11-22)28(30)31/h4-15H,3H2,1-2H3,(H,27,29)/b19-14+. The van der Waals surface area contributed by atoms with Crippen molar-refractivity contribution in [2.24, 2.45) is 0 Å². The second-order valence-corrected chi connectivity index (χ2v) is 8.97. The Morgan fingerprint density at radius 1 is 1.11 bits per heavy atom. The second-order valence-electron chi connectivity index (χ2n) is 7.42. The van der Waals surface area contributed by atoms with Crippen molar-refractivity contribution in [2.45, 2.75) is 18.7 Å². The van der Waals surface area contributed by atoms with Crippen molar-refractivity contribution in [2.75, 3.05) is 11.9 Å². The van der Waals surface area contributed by atoms with Gasteiger partial charge in [-0.2, -0.15) is 13.7 Å². The first-order valence-corrected chi connectivity index (χ1v) is 12.0. The van der Waals surface area contributed by atoms with Crippen LogP contribution in [0.2, 0.25) is 0 Å².